The maximum Gasteiger partial charge on any atom is 0.223 e. The number of thiophene rings is 1. The van der Waals surface area contributed by atoms with Gasteiger partial charge < -0.3 is 9.73 Å². The molecule has 0 aliphatic carbocycles. The molecule has 136 valence electrons. The predicted molar refractivity (Wildman–Crippen MR) is 106 cm³/mol. The minimum Gasteiger partial charge on any atom is -0.469 e. The highest BCUT2D eigenvalue weighted by atomic mass is 32.1. The number of hydrogen-bond donors (Lipinski definition) is 1. The average molecular weight is 377 g/mol. The van der Waals surface area contributed by atoms with Gasteiger partial charge >= 0.3 is 0 Å². The number of rotatable bonds is 7. The molecule has 1 atom stereocenters. The number of furan rings is 1. The van der Waals surface area contributed by atoms with Crippen molar-refractivity contribution in [1.29, 1.82) is 0 Å². The fourth-order valence-corrected chi connectivity index (χ4v) is 3.51. The van der Waals surface area contributed by atoms with Crippen LogP contribution in [0.2, 0.25) is 0 Å². The smallest absolute Gasteiger partial charge is 0.223 e. The van der Waals surface area contributed by atoms with Crippen molar-refractivity contribution in [2.75, 3.05) is 5.32 Å². The Kier molecular flexibility index (Phi) is 5.20. The zero-order chi connectivity index (χ0) is 18.5. The molecule has 4 rings (SSSR count). The van der Waals surface area contributed by atoms with Gasteiger partial charge in [0.1, 0.15) is 5.76 Å². The number of nitrogens with one attached hydrogen (secondary N) is 1. The molecule has 27 heavy (non-hydrogen) atoms. The number of hydrogen-bond acceptors (Lipinski definition) is 7. The molecule has 4 aromatic rings. The highest BCUT2D eigenvalue weighted by Gasteiger charge is 2.15. The zero-order valence-corrected chi connectivity index (χ0v) is 15.7. The Morgan fingerprint density at radius 2 is 2.11 bits per heavy atom. The van der Waals surface area contributed by atoms with Crippen LogP contribution in [0, 0.1) is 0 Å². The van der Waals surface area contributed by atoms with E-state index in [9.17, 15) is 0 Å². The highest BCUT2D eigenvalue weighted by Crippen LogP contribution is 2.32. The summed E-state index contributed by atoms with van der Waals surface area (Å²) < 4.78 is 5.40. The molecule has 1 N–H and O–H groups in total. The second-order valence-corrected chi connectivity index (χ2v) is 7.13. The molecule has 4 heterocycles. The first-order valence-electron chi connectivity index (χ1n) is 8.76. The van der Waals surface area contributed by atoms with Crippen LogP contribution in [0.4, 0.5) is 5.95 Å². The second-order valence-electron chi connectivity index (χ2n) is 6.19. The van der Waals surface area contributed by atoms with Crippen molar-refractivity contribution in [2.24, 2.45) is 0 Å². The minimum absolute atomic E-state index is 0.216. The van der Waals surface area contributed by atoms with Crippen molar-refractivity contribution < 1.29 is 4.42 Å². The zero-order valence-electron chi connectivity index (χ0n) is 14.9. The van der Waals surface area contributed by atoms with E-state index in [-0.39, 0.29) is 6.04 Å². The molecular formula is C20H19N5OS. The molecule has 6 nitrogen and oxygen atoms in total. The molecule has 0 saturated heterocycles. The van der Waals surface area contributed by atoms with Gasteiger partial charge in [0, 0.05) is 36.6 Å². The Hall–Kier alpha value is -3.06. The molecule has 0 aromatic carbocycles. The molecule has 0 bridgehead atoms. The first-order valence-corrected chi connectivity index (χ1v) is 9.64. The van der Waals surface area contributed by atoms with E-state index in [4.69, 9.17) is 9.40 Å². The number of aryl methyl sites for hydroxylation is 1. The van der Waals surface area contributed by atoms with Crippen LogP contribution in [0.3, 0.4) is 0 Å². The van der Waals surface area contributed by atoms with Crippen LogP contribution in [-0.4, -0.2) is 26.0 Å². The fraction of sp³-hybridized carbons (Fsp3) is 0.200. The van der Waals surface area contributed by atoms with Gasteiger partial charge in [0.15, 0.2) is 0 Å². The van der Waals surface area contributed by atoms with Gasteiger partial charge in [-0.25, -0.2) is 9.97 Å². The average Bonchev–Trinajstić information content (AvgIpc) is 3.41. The van der Waals surface area contributed by atoms with Crippen LogP contribution in [0.15, 0.2) is 65.1 Å². The van der Waals surface area contributed by atoms with E-state index < -0.39 is 0 Å². The van der Waals surface area contributed by atoms with Crippen LogP contribution >= 0.6 is 11.3 Å². The highest BCUT2D eigenvalue weighted by molar-refractivity contribution is 7.13. The molecule has 0 aliphatic heterocycles. The molecule has 0 spiro atoms. The molecule has 4 aromatic heterocycles. The molecule has 0 aliphatic rings. The van der Waals surface area contributed by atoms with Crippen LogP contribution in [0.5, 0.6) is 0 Å². The van der Waals surface area contributed by atoms with Crippen LogP contribution in [0.1, 0.15) is 19.1 Å². The summed E-state index contributed by atoms with van der Waals surface area (Å²) in [7, 11) is 0. The molecule has 0 unspecified atom stereocenters. The van der Waals surface area contributed by atoms with Crippen LogP contribution < -0.4 is 5.32 Å². The Morgan fingerprint density at radius 1 is 1.15 bits per heavy atom. The summed E-state index contributed by atoms with van der Waals surface area (Å²) in [6.07, 6.45) is 10.4. The fourth-order valence-electron chi connectivity index (χ4n) is 2.78. The second kappa shape index (κ2) is 8.09. The van der Waals surface area contributed by atoms with E-state index in [0.29, 0.717) is 5.95 Å². The van der Waals surface area contributed by atoms with Gasteiger partial charge in [-0.2, -0.15) is 0 Å². The summed E-state index contributed by atoms with van der Waals surface area (Å²) in [5.41, 5.74) is 2.50. The molecule has 7 heteroatoms. The van der Waals surface area contributed by atoms with Crippen molar-refractivity contribution in [2.45, 2.75) is 25.8 Å². The SMILES string of the molecule is C[C@@H](CCc1ccco1)Nc1ncc(-c2cnccn2)c(-c2cccs2)n1. The summed E-state index contributed by atoms with van der Waals surface area (Å²) in [6, 6.07) is 8.19. The van der Waals surface area contributed by atoms with Crippen molar-refractivity contribution in [1.82, 2.24) is 19.9 Å². The van der Waals surface area contributed by atoms with Gasteiger partial charge in [0.05, 0.1) is 28.7 Å². The summed E-state index contributed by atoms with van der Waals surface area (Å²) in [4.78, 5) is 18.9. The van der Waals surface area contributed by atoms with Crippen molar-refractivity contribution in [3.05, 3.63) is 66.5 Å². The van der Waals surface area contributed by atoms with Gasteiger partial charge in [-0.05, 0) is 36.9 Å². The van der Waals surface area contributed by atoms with Gasteiger partial charge in [0.25, 0.3) is 0 Å². The van der Waals surface area contributed by atoms with Gasteiger partial charge in [0.2, 0.25) is 5.95 Å². The van der Waals surface area contributed by atoms with Gasteiger partial charge in [-0.15, -0.1) is 11.3 Å². The van der Waals surface area contributed by atoms with Crippen LogP contribution in [0.25, 0.3) is 21.8 Å². The lowest BCUT2D eigenvalue weighted by Gasteiger charge is -2.15. The van der Waals surface area contributed by atoms with Crippen LogP contribution in [-0.2, 0) is 6.42 Å². The van der Waals surface area contributed by atoms with E-state index >= 15 is 0 Å². The maximum absolute atomic E-state index is 5.40. The Labute approximate surface area is 161 Å². The number of anilines is 1. The lowest BCUT2D eigenvalue weighted by Crippen LogP contribution is -2.18. The third kappa shape index (κ3) is 4.20. The third-order valence-corrected chi connectivity index (χ3v) is 5.04. The lowest BCUT2D eigenvalue weighted by molar-refractivity contribution is 0.494. The quantitative estimate of drug-likeness (QED) is 0.503. The Balaban J connectivity index is 1.56. The first kappa shape index (κ1) is 17.4. The first-order chi connectivity index (χ1) is 13.3. The van der Waals surface area contributed by atoms with E-state index in [1.54, 1.807) is 36.2 Å². The van der Waals surface area contributed by atoms with Gasteiger partial charge in [-0.1, -0.05) is 6.07 Å². The Morgan fingerprint density at radius 3 is 2.85 bits per heavy atom. The van der Waals surface area contributed by atoms with Crippen molar-refractivity contribution in [3.8, 4) is 21.8 Å². The molecule has 0 fully saturated rings. The normalized spacial score (nSPS) is 12.0. The largest absolute Gasteiger partial charge is 0.469 e. The van der Waals surface area contributed by atoms with Crippen molar-refractivity contribution >= 4 is 17.3 Å². The van der Waals surface area contributed by atoms with Crippen molar-refractivity contribution in [3.63, 3.8) is 0 Å². The van der Waals surface area contributed by atoms with E-state index in [0.717, 1.165) is 40.4 Å². The molecule has 0 radical (unpaired) electrons. The van der Waals surface area contributed by atoms with E-state index in [1.165, 1.54) is 0 Å². The summed E-state index contributed by atoms with van der Waals surface area (Å²) in [5, 5.41) is 5.43. The van der Waals surface area contributed by atoms with E-state index in [2.05, 4.69) is 33.3 Å². The summed E-state index contributed by atoms with van der Waals surface area (Å²) in [6.45, 7) is 2.12. The third-order valence-electron chi connectivity index (χ3n) is 4.16. The summed E-state index contributed by atoms with van der Waals surface area (Å²) in [5.74, 6) is 1.60. The van der Waals surface area contributed by atoms with E-state index in [1.807, 2.05) is 29.8 Å². The molecular weight excluding hydrogens is 358 g/mol. The van der Waals surface area contributed by atoms with Gasteiger partial charge in [-0.3, -0.25) is 9.97 Å². The lowest BCUT2D eigenvalue weighted by atomic mass is 10.1. The summed E-state index contributed by atoms with van der Waals surface area (Å²) >= 11 is 1.64. The predicted octanol–water partition coefficient (Wildman–Crippen LogP) is 4.69. The maximum atomic E-state index is 5.40. The topological polar surface area (TPSA) is 76.7 Å². The number of aromatic nitrogens is 4. The monoisotopic (exact) mass is 377 g/mol. The molecule has 0 amide bonds. The Bertz CT molecular complexity index is 971. The molecule has 0 saturated carbocycles. The number of nitrogens with zero attached hydrogens (tertiary/aromatic N) is 4. The standard InChI is InChI=1S/C20H19N5OS/c1-14(6-7-15-4-2-10-26-15)24-20-23-12-16(17-13-21-8-9-22-17)19(25-20)18-5-3-11-27-18/h2-5,8-14H,6-7H2,1H3,(H,23,24,25)/t14-/m0/s1. The minimum atomic E-state index is 0.216.